The van der Waals surface area contributed by atoms with Crippen LogP contribution in [0.3, 0.4) is 0 Å². The van der Waals surface area contributed by atoms with E-state index < -0.39 is 22.7 Å². The molecule has 2 saturated heterocycles. The van der Waals surface area contributed by atoms with Gasteiger partial charge in [-0.15, -0.1) is 0 Å². The predicted octanol–water partition coefficient (Wildman–Crippen LogP) is 2.19. The first-order valence-corrected chi connectivity index (χ1v) is 11.7. The van der Waals surface area contributed by atoms with E-state index in [0.29, 0.717) is 13.0 Å². The van der Waals surface area contributed by atoms with Gasteiger partial charge < -0.3 is 9.64 Å². The first-order chi connectivity index (χ1) is 14.5. The minimum Gasteiger partial charge on any atom is -0.373 e. The van der Waals surface area contributed by atoms with Crippen LogP contribution in [0.2, 0.25) is 0 Å². The Morgan fingerprint density at radius 3 is 2.42 bits per heavy atom. The molecule has 11 heteroatoms. The smallest absolute Gasteiger partial charge is 0.373 e. The van der Waals surface area contributed by atoms with Crippen LogP contribution < -0.4 is 0 Å². The highest BCUT2D eigenvalue weighted by Gasteiger charge is 2.34. The molecule has 0 spiro atoms. The number of sulfonamides is 1. The molecule has 1 aromatic carbocycles. The van der Waals surface area contributed by atoms with Crippen molar-refractivity contribution in [3.05, 3.63) is 29.8 Å². The Bertz CT molecular complexity index is 884. The molecule has 3 rings (SSSR count). The van der Waals surface area contributed by atoms with Gasteiger partial charge in [-0.05, 0) is 38.5 Å². The van der Waals surface area contributed by atoms with Crippen LogP contribution in [0.25, 0.3) is 0 Å². The van der Waals surface area contributed by atoms with E-state index >= 15 is 0 Å². The molecule has 2 atom stereocenters. The van der Waals surface area contributed by atoms with Gasteiger partial charge in [-0.1, -0.05) is 6.07 Å². The van der Waals surface area contributed by atoms with Gasteiger partial charge >= 0.3 is 6.18 Å². The van der Waals surface area contributed by atoms with E-state index in [4.69, 9.17) is 4.74 Å². The lowest BCUT2D eigenvalue weighted by Gasteiger charge is -2.34. The summed E-state index contributed by atoms with van der Waals surface area (Å²) < 4.78 is 71.1. The molecule has 0 aliphatic carbocycles. The minimum absolute atomic E-state index is 0.0215. The van der Waals surface area contributed by atoms with Crippen molar-refractivity contribution in [1.29, 1.82) is 0 Å². The highest BCUT2D eigenvalue weighted by Crippen LogP contribution is 2.23. The number of amides is 1. The summed E-state index contributed by atoms with van der Waals surface area (Å²) in [5, 5.41) is 0. The number of nitrogens with zero attached hydrogens (tertiary/aromatic N) is 3. The fraction of sp³-hybridized carbons (Fsp3) is 0.650. The Morgan fingerprint density at radius 1 is 1.10 bits per heavy atom. The number of morpholine rings is 1. The third-order valence-corrected chi connectivity index (χ3v) is 7.21. The Labute approximate surface area is 180 Å². The molecule has 2 aliphatic rings. The van der Waals surface area contributed by atoms with Gasteiger partial charge in [0.05, 0.1) is 23.6 Å². The van der Waals surface area contributed by atoms with E-state index in [1.165, 1.54) is 38.4 Å². The number of carbonyl (C=O) groups excluding carboxylic acids is 1. The fourth-order valence-electron chi connectivity index (χ4n) is 4.03. The van der Waals surface area contributed by atoms with Crippen molar-refractivity contribution in [1.82, 2.24) is 14.1 Å². The first-order valence-electron chi connectivity index (χ1n) is 10.3. The summed E-state index contributed by atoms with van der Waals surface area (Å²) in [6, 6.07) is 5.84. The molecule has 174 valence electrons. The van der Waals surface area contributed by atoms with Crippen LogP contribution in [0.4, 0.5) is 13.2 Å². The van der Waals surface area contributed by atoms with Gasteiger partial charge in [0.2, 0.25) is 10.0 Å². The van der Waals surface area contributed by atoms with E-state index in [2.05, 4.69) is 0 Å². The lowest BCUT2D eigenvalue weighted by atomic mass is 10.2. The monoisotopic (exact) mass is 463 g/mol. The molecule has 2 heterocycles. The number of halogens is 3. The molecule has 0 aromatic heterocycles. The second kappa shape index (κ2) is 9.43. The second-order valence-electron chi connectivity index (χ2n) is 8.14. The summed E-state index contributed by atoms with van der Waals surface area (Å²) in [7, 11) is -3.80. The van der Waals surface area contributed by atoms with Crippen molar-refractivity contribution < 1.29 is 31.1 Å². The van der Waals surface area contributed by atoms with Crippen molar-refractivity contribution in [2.75, 3.05) is 45.8 Å². The molecule has 1 aromatic rings. The number of ether oxygens (including phenoxy) is 1. The molecular formula is C20H28F3N3O4S. The number of hydrogen-bond acceptors (Lipinski definition) is 5. The normalized spacial score (nSPS) is 24.7. The highest BCUT2D eigenvalue weighted by molar-refractivity contribution is 7.89. The van der Waals surface area contributed by atoms with Gasteiger partial charge in [0.25, 0.3) is 5.91 Å². The lowest BCUT2D eigenvalue weighted by molar-refractivity contribution is -0.145. The zero-order chi connectivity index (χ0) is 22.8. The molecule has 0 N–H and O–H groups in total. The van der Waals surface area contributed by atoms with E-state index in [9.17, 15) is 26.4 Å². The largest absolute Gasteiger partial charge is 0.401 e. The Morgan fingerprint density at radius 2 is 1.77 bits per heavy atom. The summed E-state index contributed by atoms with van der Waals surface area (Å²) in [6.45, 7) is 3.92. The Balaban J connectivity index is 1.73. The molecule has 0 saturated carbocycles. The second-order valence-corrected chi connectivity index (χ2v) is 10.1. The van der Waals surface area contributed by atoms with Crippen LogP contribution in [0.5, 0.6) is 0 Å². The molecule has 2 unspecified atom stereocenters. The average Bonchev–Trinajstić information content (AvgIpc) is 2.91. The van der Waals surface area contributed by atoms with Crippen LogP contribution in [-0.2, 0) is 14.8 Å². The molecule has 0 bridgehead atoms. The molecule has 1 amide bonds. The van der Waals surface area contributed by atoms with Crippen LogP contribution in [0.15, 0.2) is 29.2 Å². The van der Waals surface area contributed by atoms with Gasteiger partial charge in [-0.2, -0.15) is 17.5 Å². The zero-order valence-electron chi connectivity index (χ0n) is 17.6. The molecular weight excluding hydrogens is 435 g/mol. The quantitative estimate of drug-likeness (QED) is 0.685. The van der Waals surface area contributed by atoms with Crippen molar-refractivity contribution in [3.63, 3.8) is 0 Å². The lowest BCUT2D eigenvalue weighted by Crippen LogP contribution is -2.48. The fourth-order valence-corrected chi connectivity index (χ4v) is 5.67. The number of rotatable bonds is 4. The van der Waals surface area contributed by atoms with Crippen LogP contribution >= 0.6 is 0 Å². The van der Waals surface area contributed by atoms with Gasteiger partial charge in [0, 0.05) is 44.8 Å². The van der Waals surface area contributed by atoms with Gasteiger partial charge in [0.15, 0.2) is 0 Å². The molecule has 31 heavy (non-hydrogen) atoms. The molecule has 7 nitrogen and oxygen atoms in total. The summed E-state index contributed by atoms with van der Waals surface area (Å²) >= 11 is 0. The topological polar surface area (TPSA) is 70.2 Å². The van der Waals surface area contributed by atoms with Crippen molar-refractivity contribution in [2.45, 2.75) is 43.5 Å². The van der Waals surface area contributed by atoms with Gasteiger partial charge in [0.1, 0.15) is 0 Å². The van der Waals surface area contributed by atoms with Crippen molar-refractivity contribution >= 4 is 15.9 Å². The third kappa shape index (κ3) is 6.18. The minimum atomic E-state index is -4.28. The summed E-state index contributed by atoms with van der Waals surface area (Å²) in [4.78, 5) is 15.8. The maximum absolute atomic E-state index is 13.1. The molecule has 2 fully saturated rings. The van der Waals surface area contributed by atoms with Gasteiger partial charge in [-0.3, -0.25) is 9.69 Å². The third-order valence-electron chi connectivity index (χ3n) is 5.38. The van der Waals surface area contributed by atoms with Crippen LogP contribution in [0.1, 0.15) is 30.6 Å². The van der Waals surface area contributed by atoms with Crippen molar-refractivity contribution in [3.8, 4) is 0 Å². The van der Waals surface area contributed by atoms with Crippen LogP contribution in [-0.4, -0.2) is 92.6 Å². The maximum Gasteiger partial charge on any atom is 0.401 e. The Kier molecular flexibility index (Phi) is 7.29. The van der Waals surface area contributed by atoms with E-state index in [0.717, 1.165) is 0 Å². The van der Waals surface area contributed by atoms with E-state index in [1.54, 1.807) is 13.8 Å². The van der Waals surface area contributed by atoms with Gasteiger partial charge in [-0.25, -0.2) is 8.42 Å². The van der Waals surface area contributed by atoms with Crippen LogP contribution in [0, 0.1) is 0 Å². The van der Waals surface area contributed by atoms with E-state index in [1.807, 2.05) is 0 Å². The summed E-state index contributed by atoms with van der Waals surface area (Å²) in [6.07, 6.45) is -4.33. The number of alkyl halides is 3. The van der Waals surface area contributed by atoms with E-state index in [-0.39, 0.29) is 61.3 Å². The maximum atomic E-state index is 13.1. The number of benzene rings is 1. The number of carbonyl (C=O) groups is 1. The molecule has 0 radical (unpaired) electrons. The predicted molar refractivity (Wildman–Crippen MR) is 108 cm³/mol. The first kappa shape index (κ1) is 24.0. The SMILES string of the molecule is CC1CN(S(=O)(=O)c2cccc(C(=O)N3CCCN(CC(F)(F)F)CC3)c2)CC(C)O1. The summed E-state index contributed by atoms with van der Waals surface area (Å²) in [5.41, 5.74) is 0.208. The zero-order valence-corrected chi connectivity index (χ0v) is 18.5. The number of hydrogen-bond donors (Lipinski definition) is 0. The summed E-state index contributed by atoms with van der Waals surface area (Å²) in [5.74, 6) is -0.380. The highest BCUT2D eigenvalue weighted by atomic mass is 32.2. The average molecular weight is 464 g/mol. The standard InChI is InChI=1S/C20H28F3N3O4S/c1-15-12-26(13-16(2)30-15)31(28,29)18-6-3-5-17(11-18)19(27)25-8-4-7-24(9-10-25)14-20(21,22)23/h3,5-6,11,15-16H,4,7-10,12-14H2,1-2H3. The Hall–Kier alpha value is -1.69. The van der Waals surface area contributed by atoms with Crippen molar-refractivity contribution in [2.24, 2.45) is 0 Å². The molecule has 2 aliphatic heterocycles.